The Morgan fingerprint density at radius 2 is 1.91 bits per heavy atom. The topological polar surface area (TPSA) is 57.7 Å². The Labute approximate surface area is 130 Å². The highest BCUT2D eigenvalue weighted by atomic mass is 16.2. The lowest BCUT2D eigenvalue weighted by Crippen LogP contribution is -2.49. The number of amides is 3. The van der Waals surface area contributed by atoms with E-state index in [0.717, 1.165) is 4.90 Å². The van der Waals surface area contributed by atoms with E-state index in [0.29, 0.717) is 5.56 Å². The van der Waals surface area contributed by atoms with Crippen LogP contribution in [0.5, 0.6) is 0 Å². The van der Waals surface area contributed by atoms with Crippen molar-refractivity contribution in [1.29, 1.82) is 0 Å². The summed E-state index contributed by atoms with van der Waals surface area (Å²) < 4.78 is 0. The summed E-state index contributed by atoms with van der Waals surface area (Å²) in [7, 11) is 1.58. The molecule has 5 nitrogen and oxygen atoms in total. The van der Waals surface area contributed by atoms with Crippen molar-refractivity contribution in [3.05, 3.63) is 48.6 Å². The molecule has 1 fully saturated rings. The fraction of sp³-hybridized carbons (Fsp3) is 0.353. The molecule has 1 aliphatic rings. The summed E-state index contributed by atoms with van der Waals surface area (Å²) in [5.74, 6) is -0.839. The molecule has 1 aliphatic heterocycles. The number of ketones is 1. The number of likely N-dealkylation sites (N-methyl/N-ethyl adjacent to an activating group) is 1. The molecule has 0 N–H and O–H groups in total. The van der Waals surface area contributed by atoms with E-state index >= 15 is 0 Å². The lowest BCUT2D eigenvalue weighted by molar-refractivity contribution is -0.133. The molecule has 0 spiro atoms. The molecule has 1 aromatic rings. The minimum atomic E-state index is -1.00. The van der Waals surface area contributed by atoms with Gasteiger partial charge in [-0.2, -0.15) is 0 Å². The van der Waals surface area contributed by atoms with Crippen molar-refractivity contribution < 1.29 is 14.4 Å². The molecule has 2 rings (SSSR count). The Balaban J connectivity index is 2.26. The molecule has 1 saturated heterocycles. The summed E-state index contributed by atoms with van der Waals surface area (Å²) in [6.07, 6.45) is 1.64. The number of carbonyl (C=O) groups excluding carboxylic acids is 3. The van der Waals surface area contributed by atoms with Crippen LogP contribution >= 0.6 is 0 Å². The van der Waals surface area contributed by atoms with Gasteiger partial charge in [0.1, 0.15) is 5.54 Å². The molecule has 3 amide bonds. The number of Topliss-reactive ketones (excluding diaryl/α,β-unsaturated/α-hetero) is 1. The molecule has 116 valence electrons. The lowest BCUT2D eigenvalue weighted by atomic mass is 9.86. The van der Waals surface area contributed by atoms with E-state index in [4.69, 9.17) is 0 Å². The van der Waals surface area contributed by atoms with Crippen LogP contribution in [0.4, 0.5) is 4.79 Å². The average Bonchev–Trinajstić information content (AvgIpc) is 2.71. The first-order chi connectivity index (χ1) is 10.3. The van der Waals surface area contributed by atoms with Crippen LogP contribution in [0.3, 0.4) is 0 Å². The van der Waals surface area contributed by atoms with Crippen LogP contribution in [0, 0.1) is 5.92 Å². The minimum Gasteiger partial charge on any atom is -0.312 e. The Kier molecular flexibility index (Phi) is 4.17. The van der Waals surface area contributed by atoms with Crippen molar-refractivity contribution >= 4 is 17.7 Å². The average molecular weight is 300 g/mol. The first-order valence-electron chi connectivity index (χ1n) is 7.14. The third kappa shape index (κ3) is 2.32. The second kappa shape index (κ2) is 5.75. The molecule has 1 aromatic carbocycles. The number of benzene rings is 1. The van der Waals surface area contributed by atoms with Gasteiger partial charge in [-0.1, -0.05) is 43.3 Å². The Morgan fingerprint density at radius 3 is 2.45 bits per heavy atom. The Hall–Kier alpha value is -2.43. The quantitative estimate of drug-likeness (QED) is 0.476. The highest BCUT2D eigenvalue weighted by molar-refractivity contribution is 6.11. The van der Waals surface area contributed by atoms with E-state index in [1.54, 1.807) is 50.4 Å². The number of imide groups is 1. The molecule has 2 atom stereocenters. The SMILES string of the molecule is C=CC(C)C1(C)C(=O)N(CC(=O)c2ccccc2)C(=O)N1C. The van der Waals surface area contributed by atoms with Crippen molar-refractivity contribution in [2.45, 2.75) is 19.4 Å². The van der Waals surface area contributed by atoms with Crippen LogP contribution in [0.2, 0.25) is 0 Å². The summed E-state index contributed by atoms with van der Waals surface area (Å²) in [6.45, 7) is 6.99. The van der Waals surface area contributed by atoms with Crippen LogP contribution in [0.15, 0.2) is 43.0 Å². The van der Waals surface area contributed by atoms with Gasteiger partial charge in [-0.3, -0.25) is 14.5 Å². The zero-order chi connectivity index (χ0) is 16.5. The number of urea groups is 1. The van der Waals surface area contributed by atoms with Crippen molar-refractivity contribution in [2.24, 2.45) is 5.92 Å². The van der Waals surface area contributed by atoms with E-state index in [-0.39, 0.29) is 24.2 Å². The molecule has 0 radical (unpaired) electrons. The van der Waals surface area contributed by atoms with E-state index in [1.807, 2.05) is 6.92 Å². The molecular formula is C17H20N2O3. The maximum atomic E-state index is 12.7. The number of nitrogens with zero attached hydrogens (tertiary/aromatic N) is 2. The highest BCUT2D eigenvalue weighted by Crippen LogP contribution is 2.33. The smallest absolute Gasteiger partial charge is 0.312 e. The monoisotopic (exact) mass is 300 g/mol. The number of rotatable bonds is 5. The predicted octanol–water partition coefficient (Wildman–Crippen LogP) is 2.34. The molecule has 5 heteroatoms. The number of carbonyl (C=O) groups is 3. The first-order valence-corrected chi connectivity index (χ1v) is 7.14. The first kappa shape index (κ1) is 15.9. The fourth-order valence-electron chi connectivity index (χ4n) is 2.61. The second-order valence-electron chi connectivity index (χ2n) is 5.69. The zero-order valence-corrected chi connectivity index (χ0v) is 13.1. The van der Waals surface area contributed by atoms with Crippen LogP contribution in [0.25, 0.3) is 0 Å². The lowest BCUT2D eigenvalue weighted by Gasteiger charge is -2.32. The third-order valence-electron chi connectivity index (χ3n) is 4.53. The maximum Gasteiger partial charge on any atom is 0.327 e. The van der Waals surface area contributed by atoms with Gasteiger partial charge < -0.3 is 4.90 Å². The van der Waals surface area contributed by atoms with E-state index in [2.05, 4.69) is 6.58 Å². The van der Waals surface area contributed by atoms with Crippen molar-refractivity contribution in [3.8, 4) is 0 Å². The Bertz CT molecular complexity index is 626. The summed E-state index contributed by atoms with van der Waals surface area (Å²) in [6, 6.07) is 8.18. The van der Waals surface area contributed by atoms with Gasteiger partial charge in [0.25, 0.3) is 5.91 Å². The van der Waals surface area contributed by atoms with Crippen LogP contribution in [-0.2, 0) is 4.79 Å². The summed E-state index contributed by atoms with van der Waals surface area (Å²) in [5.41, 5.74) is -0.522. The summed E-state index contributed by atoms with van der Waals surface area (Å²) >= 11 is 0. The van der Waals surface area contributed by atoms with Gasteiger partial charge in [-0.15, -0.1) is 6.58 Å². The van der Waals surface area contributed by atoms with Crippen molar-refractivity contribution in [2.75, 3.05) is 13.6 Å². The summed E-state index contributed by atoms with van der Waals surface area (Å²) in [4.78, 5) is 39.7. The van der Waals surface area contributed by atoms with Gasteiger partial charge >= 0.3 is 6.03 Å². The van der Waals surface area contributed by atoms with Crippen LogP contribution in [-0.4, -0.2) is 46.7 Å². The molecule has 2 unspecified atom stereocenters. The molecule has 0 aliphatic carbocycles. The van der Waals surface area contributed by atoms with Gasteiger partial charge in [0.15, 0.2) is 5.78 Å². The molecule has 0 bridgehead atoms. The van der Waals surface area contributed by atoms with E-state index in [9.17, 15) is 14.4 Å². The summed E-state index contributed by atoms with van der Waals surface area (Å²) in [5, 5.41) is 0. The van der Waals surface area contributed by atoms with Gasteiger partial charge in [-0.05, 0) is 6.92 Å². The van der Waals surface area contributed by atoms with Gasteiger partial charge in [0, 0.05) is 18.5 Å². The zero-order valence-electron chi connectivity index (χ0n) is 13.1. The predicted molar refractivity (Wildman–Crippen MR) is 83.4 cm³/mol. The van der Waals surface area contributed by atoms with Crippen LogP contribution < -0.4 is 0 Å². The number of hydrogen-bond donors (Lipinski definition) is 0. The molecule has 1 heterocycles. The van der Waals surface area contributed by atoms with Gasteiger partial charge in [0.05, 0.1) is 6.54 Å². The molecule has 0 aromatic heterocycles. The molecule has 0 saturated carbocycles. The van der Waals surface area contributed by atoms with E-state index in [1.165, 1.54) is 4.90 Å². The Morgan fingerprint density at radius 1 is 1.32 bits per heavy atom. The largest absolute Gasteiger partial charge is 0.327 e. The van der Waals surface area contributed by atoms with Gasteiger partial charge in [-0.25, -0.2) is 4.79 Å². The molecule has 22 heavy (non-hydrogen) atoms. The fourth-order valence-corrected chi connectivity index (χ4v) is 2.61. The molecular weight excluding hydrogens is 280 g/mol. The van der Waals surface area contributed by atoms with Crippen LogP contribution in [0.1, 0.15) is 24.2 Å². The normalized spacial score (nSPS) is 22.9. The standard InChI is InChI=1S/C17H20N2O3/c1-5-12(2)17(3)15(21)19(16(22)18(17)4)11-14(20)13-9-7-6-8-10-13/h5-10,12H,1,11H2,2-4H3. The highest BCUT2D eigenvalue weighted by Gasteiger charge is 2.54. The third-order valence-corrected chi connectivity index (χ3v) is 4.53. The van der Waals surface area contributed by atoms with Crippen molar-refractivity contribution in [1.82, 2.24) is 9.80 Å². The second-order valence-corrected chi connectivity index (χ2v) is 5.69. The maximum absolute atomic E-state index is 12.7. The van der Waals surface area contributed by atoms with Gasteiger partial charge in [0.2, 0.25) is 0 Å². The minimum absolute atomic E-state index is 0.217. The van der Waals surface area contributed by atoms with E-state index < -0.39 is 11.6 Å². The number of hydrogen-bond acceptors (Lipinski definition) is 3. The van der Waals surface area contributed by atoms with Crippen molar-refractivity contribution in [3.63, 3.8) is 0 Å².